The molecule has 3 N–H and O–H groups in total. The lowest BCUT2D eigenvalue weighted by Crippen LogP contribution is -2.36. The first-order valence-corrected chi connectivity index (χ1v) is 3.92. The minimum absolute atomic E-state index is 0.121. The zero-order valence-corrected chi connectivity index (χ0v) is 7.69. The summed E-state index contributed by atoms with van der Waals surface area (Å²) < 4.78 is 1.60. The van der Waals surface area contributed by atoms with Crippen LogP contribution in [0.1, 0.15) is 19.0 Å². The van der Waals surface area contributed by atoms with E-state index in [1.807, 2.05) is 0 Å². The van der Waals surface area contributed by atoms with Crippen LogP contribution < -0.4 is 5.73 Å². The molecule has 0 fully saturated rings. The Morgan fingerprint density at radius 3 is 2.85 bits per heavy atom. The summed E-state index contributed by atoms with van der Waals surface area (Å²) in [4.78, 5) is 10.5. The van der Waals surface area contributed by atoms with Crippen molar-refractivity contribution < 1.29 is 9.90 Å². The Kier molecular flexibility index (Phi) is 2.38. The number of hydrogen-bond donors (Lipinski definition) is 2. The summed E-state index contributed by atoms with van der Waals surface area (Å²) in [6.45, 7) is 1.66. The Morgan fingerprint density at radius 1 is 1.85 bits per heavy atom. The van der Waals surface area contributed by atoms with Crippen molar-refractivity contribution in [3.05, 3.63) is 18.0 Å². The highest BCUT2D eigenvalue weighted by molar-refractivity contribution is 5.68. The van der Waals surface area contributed by atoms with E-state index in [2.05, 4.69) is 5.10 Å². The normalized spacial score (nSPS) is 15.3. The Labute approximate surface area is 76.2 Å². The average molecular weight is 183 g/mol. The second-order valence-electron chi connectivity index (χ2n) is 3.36. The number of rotatable bonds is 3. The largest absolute Gasteiger partial charge is 0.481 e. The van der Waals surface area contributed by atoms with E-state index in [4.69, 9.17) is 10.8 Å². The fourth-order valence-electron chi connectivity index (χ4n) is 1.12. The van der Waals surface area contributed by atoms with E-state index in [1.165, 1.54) is 0 Å². The highest BCUT2D eigenvalue weighted by Crippen LogP contribution is 2.18. The molecule has 0 aliphatic carbocycles. The van der Waals surface area contributed by atoms with Gasteiger partial charge in [0, 0.05) is 13.2 Å². The second-order valence-corrected chi connectivity index (χ2v) is 3.36. The average Bonchev–Trinajstić information content (AvgIpc) is 2.32. The first kappa shape index (κ1) is 9.73. The third-order valence-corrected chi connectivity index (χ3v) is 1.82. The minimum Gasteiger partial charge on any atom is -0.481 e. The van der Waals surface area contributed by atoms with Gasteiger partial charge in [0.15, 0.2) is 0 Å². The maximum absolute atomic E-state index is 10.5. The fourth-order valence-corrected chi connectivity index (χ4v) is 1.12. The first-order valence-electron chi connectivity index (χ1n) is 3.92. The molecule has 1 atom stereocenters. The van der Waals surface area contributed by atoms with Gasteiger partial charge in [0.1, 0.15) is 0 Å². The van der Waals surface area contributed by atoms with Crippen molar-refractivity contribution in [2.75, 3.05) is 0 Å². The van der Waals surface area contributed by atoms with Crippen LogP contribution in [0.2, 0.25) is 0 Å². The zero-order valence-electron chi connectivity index (χ0n) is 7.69. The van der Waals surface area contributed by atoms with E-state index >= 15 is 0 Å². The van der Waals surface area contributed by atoms with E-state index in [0.717, 1.165) is 0 Å². The number of hydrogen-bond acceptors (Lipinski definition) is 3. The molecule has 5 nitrogen and oxygen atoms in total. The smallest absolute Gasteiger partial charge is 0.305 e. The molecule has 1 heterocycles. The van der Waals surface area contributed by atoms with Crippen LogP contribution in [0, 0.1) is 0 Å². The number of nitrogens with zero attached hydrogens (tertiary/aromatic N) is 2. The van der Waals surface area contributed by atoms with Gasteiger partial charge in [-0.2, -0.15) is 5.10 Å². The van der Waals surface area contributed by atoms with Gasteiger partial charge < -0.3 is 10.8 Å². The first-order chi connectivity index (χ1) is 5.92. The number of aromatic nitrogens is 2. The molecule has 0 saturated carbocycles. The minimum atomic E-state index is -0.921. The molecule has 13 heavy (non-hydrogen) atoms. The molecule has 0 bridgehead atoms. The lowest BCUT2D eigenvalue weighted by molar-refractivity contribution is -0.138. The molecule has 5 heteroatoms. The van der Waals surface area contributed by atoms with Crippen LogP contribution in [0.4, 0.5) is 0 Å². The van der Waals surface area contributed by atoms with Gasteiger partial charge in [0.05, 0.1) is 17.7 Å². The molecule has 0 radical (unpaired) electrons. The Bertz CT molecular complexity index is 317. The van der Waals surface area contributed by atoms with E-state index in [9.17, 15) is 4.79 Å². The number of carboxylic acid groups (broad SMARTS) is 1. The van der Waals surface area contributed by atoms with Gasteiger partial charge in [-0.15, -0.1) is 0 Å². The van der Waals surface area contributed by atoms with Gasteiger partial charge in [-0.05, 0) is 13.0 Å². The maximum atomic E-state index is 10.5. The summed E-state index contributed by atoms with van der Waals surface area (Å²) >= 11 is 0. The Balaban J connectivity index is 2.86. The Morgan fingerprint density at radius 2 is 2.46 bits per heavy atom. The van der Waals surface area contributed by atoms with Crippen molar-refractivity contribution in [3.63, 3.8) is 0 Å². The third kappa shape index (κ3) is 2.29. The SMILES string of the molecule is Cn1ccc(C(C)(N)CC(=O)O)n1. The van der Waals surface area contributed by atoms with E-state index in [0.29, 0.717) is 5.69 Å². The van der Waals surface area contributed by atoms with E-state index in [-0.39, 0.29) is 6.42 Å². The van der Waals surface area contributed by atoms with Crippen molar-refractivity contribution in [3.8, 4) is 0 Å². The van der Waals surface area contributed by atoms with Crippen LogP contribution in [0.25, 0.3) is 0 Å². The van der Waals surface area contributed by atoms with Gasteiger partial charge in [-0.3, -0.25) is 9.48 Å². The molecular formula is C8H13N3O2. The maximum Gasteiger partial charge on any atom is 0.305 e. The Hall–Kier alpha value is -1.36. The van der Waals surface area contributed by atoms with Gasteiger partial charge >= 0.3 is 5.97 Å². The van der Waals surface area contributed by atoms with Crippen molar-refractivity contribution >= 4 is 5.97 Å². The molecule has 1 rings (SSSR count). The highest BCUT2D eigenvalue weighted by atomic mass is 16.4. The van der Waals surface area contributed by atoms with Crippen molar-refractivity contribution in [1.29, 1.82) is 0 Å². The molecular weight excluding hydrogens is 170 g/mol. The number of carboxylic acids is 1. The standard InChI is InChI=1S/C8H13N3O2/c1-8(9,5-7(12)13)6-3-4-11(2)10-6/h3-4H,5,9H2,1-2H3,(H,12,13). The molecule has 0 aliphatic rings. The fraction of sp³-hybridized carbons (Fsp3) is 0.500. The van der Waals surface area contributed by atoms with Crippen molar-refractivity contribution in [2.24, 2.45) is 12.8 Å². The molecule has 72 valence electrons. The summed E-state index contributed by atoms with van der Waals surface area (Å²) in [6, 6.07) is 1.73. The second kappa shape index (κ2) is 3.18. The predicted molar refractivity (Wildman–Crippen MR) is 47.0 cm³/mol. The quantitative estimate of drug-likeness (QED) is 0.694. The zero-order chi connectivity index (χ0) is 10.1. The number of aliphatic carboxylic acids is 1. The number of aryl methyl sites for hydroxylation is 1. The van der Waals surface area contributed by atoms with E-state index < -0.39 is 11.5 Å². The lowest BCUT2D eigenvalue weighted by Gasteiger charge is -2.19. The predicted octanol–water partition coefficient (Wildman–Crippen LogP) is 0.0687. The van der Waals surface area contributed by atoms with Crippen LogP contribution in [0.3, 0.4) is 0 Å². The number of carbonyl (C=O) groups is 1. The van der Waals surface area contributed by atoms with Gasteiger partial charge in [-0.25, -0.2) is 0 Å². The molecule has 0 amide bonds. The molecule has 0 aromatic carbocycles. The summed E-state index contributed by atoms with van der Waals surface area (Å²) in [7, 11) is 1.76. The summed E-state index contributed by atoms with van der Waals surface area (Å²) in [6.07, 6.45) is 1.62. The molecule has 0 saturated heterocycles. The topological polar surface area (TPSA) is 81.1 Å². The van der Waals surface area contributed by atoms with Gasteiger partial charge in [0.2, 0.25) is 0 Å². The van der Waals surface area contributed by atoms with Crippen LogP contribution in [-0.4, -0.2) is 20.9 Å². The third-order valence-electron chi connectivity index (χ3n) is 1.82. The number of nitrogens with two attached hydrogens (primary N) is 1. The summed E-state index contributed by atoms with van der Waals surface area (Å²) in [5, 5.41) is 12.7. The lowest BCUT2D eigenvalue weighted by atomic mass is 9.95. The van der Waals surface area contributed by atoms with Crippen molar-refractivity contribution in [2.45, 2.75) is 18.9 Å². The van der Waals surface area contributed by atoms with Gasteiger partial charge in [0.25, 0.3) is 0 Å². The van der Waals surface area contributed by atoms with Crippen LogP contribution >= 0.6 is 0 Å². The van der Waals surface area contributed by atoms with Crippen LogP contribution in [0.15, 0.2) is 12.3 Å². The molecule has 1 aromatic rings. The van der Waals surface area contributed by atoms with Crippen LogP contribution in [0.5, 0.6) is 0 Å². The van der Waals surface area contributed by atoms with Crippen LogP contribution in [-0.2, 0) is 17.4 Å². The highest BCUT2D eigenvalue weighted by Gasteiger charge is 2.26. The summed E-state index contributed by atoms with van der Waals surface area (Å²) in [5.74, 6) is -0.921. The van der Waals surface area contributed by atoms with Gasteiger partial charge in [-0.1, -0.05) is 0 Å². The molecule has 0 spiro atoms. The molecule has 1 aromatic heterocycles. The monoisotopic (exact) mass is 183 g/mol. The van der Waals surface area contributed by atoms with E-state index in [1.54, 1.807) is 30.9 Å². The van der Waals surface area contributed by atoms with Crippen molar-refractivity contribution in [1.82, 2.24) is 9.78 Å². The molecule has 0 aliphatic heterocycles. The summed E-state index contributed by atoms with van der Waals surface area (Å²) in [5.41, 5.74) is 5.49. The molecule has 1 unspecified atom stereocenters.